The Kier molecular flexibility index (Phi) is 4.93. The minimum atomic E-state index is -0.799. The van der Waals surface area contributed by atoms with Crippen molar-refractivity contribution in [1.29, 1.82) is 0 Å². The number of methoxy groups -OCH3 is 2. The number of hydrogen-bond donors (Lipinski definition) is 3. The molecule has 0 radical (unpaired) electrons. The van der Waals surface area contributed by atoms with Gasteiger partial charge in [-0.2, -0.15) is 0 Å². The quantitative estimate of drug-likeness (QED) is 0.715. The van der Waals surface area contributed by atoms with Crippen molar-refractivity contribution in [3.63, 3.8) is 0 Å². The largest absolute Gasteiger partial charge is 0.493 e. The summed E-state index contributed by atoms with van der Waals surface area (Å²) in [6.07, 6.45) is 6.59. The number of rotatable bonds is 6. The third kappa shape index (κ3) is 3.72. The summed E-state index contributed by atoms with van der Waals surface area (Å²) in [6, 6.07) is 5.11. The Morgan fingerprint density at radius 2 is 1.70 bits per heavy atom. The summed E-state index contributed by atoms with van der Waals surface area (Å²) in [6.45, 7) is 0.160. The highest BCUT2D eigenvalue weighted by Gasteiger charge is 2.51. The van der Waals surface area contributed by atoms with E-state index in [2.05, 4.69) is 10.6 Å². The lowest BCUT2D eigenvalue weighted by molar-refractivity contribution is -0.0136. The molecule has 3 N–H and O–H groups in total. The molecule has 0 heterocycles. The summed E-state index contributed by atoms with van der Waals surface area (Å²) < 4.78 is 10.5. The topological polar surface area (TPSA) is 79.8 Å². The molecule has 4 aliphatic rings. The van der Waals surface area contributed by atoms with Crippen molar-refractivity contribution in [3.8, 4) is 11.5 Å². The van der Waals surface area contributed by atoms with E-state index in [1.54, 1.807) is 32.4 Å². The van der Waals surface area contributed by atoms with E-state index in [-0.39, 0.29) is 18.1 Å². The Hall–Kier alpha value is -1.95. The summed E-state index contributed by atoms with van der Waals surface area (Å²) in [5.41, 5.74) is 0.662. The zero-order valence-corrected chi connectivity index (χ0v) is 16.2. The highest BCUT2D eigenvalue weighted by atomic mass is 16.5. The van der Waals surface area contributed by atoms with Gasteiger partial charge in [0.15, 0.2) is 11.5 Å². The zero-order chi connectivity index (χ0) is 19.0. The van der Waals surface area contributed by atoms with Gasteiger partial charge in [0.05, 0.1) is 20.3 Å². The Labute approximate surface area is 160 Å². The third-order valence-electron chi connectivity index (χ3n) is 6.67. The molecule has 4 saturated carbocycles. The number of urea groups is 1. The van der Waals surface area contributed by atoms with Gasteiger partial charge in [0.1, 0.15) is 0 Å². The van der Waals surface area contributed by atoms with Gasteiger partial charge in [0.25, 0.3) is 0 Å². The standard InChI is InChI=1S/C21H30N2O4/c1-26-18-4-3-16(8-19(18)27-2)17(24)12-22-20(25)23-21-9-13-5-14(10-21)7-15(6-13)11-21/h3-4,8,13-15,17,24H,5-7,9-12H2,1-2H3,(H2,22,23,25). The Balaban J connectivity index is 1.33. The van der Waals surface area contributed by atoms with Crippen molar-refractivity contribution in [3.05, 3.63) is 23.8 Å². The van der Waals surface area contributed by atoms with Gasteiger partial charge in [-0.25, -0.2) is 4.79 Å². The summed E-state index contributed by atoms with van der Waals surface area (Å²) in [4.78, 5) is 12.5. The molecule has 1 unspecified atom stereocenters. The number of aliphatic hydroxyl groups is 1. The highest BCUT2D eigenvalue weighted by Crippen LogP contribution is 2.55. The predicted molar refractivity (Wildman–Crippen MR) is 102 cm³/mol. The molecule has 0 saturated heterocycles. The van der Waals surface area contributed by atoms with Crippen molar-refractivity contribution < 1.29 is 19.4 Å². The number of aliphatic hydroxyl groups excluding tert-OH is 1. The molecular weight excluding hydrogens is 344 g/mol. The van der Waals surface area contributed by atoms with E-state index in [0.717, 1.165) is 37.0 Å². The van der Waals surface area contributed by atoms with Crippen molar-refractivity contribution in [2.75, 3.05) is 20.8 Å². The lowest BCUT2D eigenvalue weighted by Crippen LogP contribution is -2.61. The highest BCUT2D eigenvalue weighted by molar-refractivity contribution is 5.75. The van der Waals surface area contributed by atoms with Crippen molar-refractivity contribution >= 4 is 6.03 Å². The minimum Gasteiger partial charge on any atom is -0.493 e. The molecule has 4 bridgehead atoms. The second kappa shape index (κ2) is 7.23. The molecule has 0 aromatic heterocycles. The summed E-state index contributed by atoms with van der Waals surface area (Å²) in [5.74, 6) is 3.53. The number of carbonyl (C=O) groups excluding carboxylic acids is 1. The molecule has 27 heavy (non-hydrogen) atoms. The molecule has 1 atom stereocenters. The average Bonchev–Trinajstić information content (AvgIpc) is 2.64. The number of amides is 2. The Morgan fingerprint density at radius 1 is 1.11 bits per heavy atom. The molecule has 4 fully saturated rings. The number of ether oxygens (including phenoxy) is 2. The number of carbonyl (C=O) groups is 1. The van der Waals surface area contributed by atoms with Crippen LogP contribution in [0.25, 0.3) is 0 Å². The first kappa shape index (κ1) is 18.4. The van der Waals surface area contributed by atoms with Gasteiger partial charge in [0.2, 0.25) is 0 Å². The minimum absolute atomic E-state index is 0.0207. The Morgan fingerprint density at radius 3 is 2.26 bits per heavy atom. The van der Waals surface area contributed by atoms with Crippen LogP contribution in [0.1, 0.15) is 50.2 Å². The van der Waals surface area contributed by atoms with E-state index in [4.69, 9.17) is 9.47 Å². The predicted octanol–water partition coefficient (Wildman–Crippen LogP) is 3.01. The van der Waals surface area contributed by atoms with Gasteiger partial charge in [-0.15, -0.1) is 0 Å². The lowest BCUT2D eigenvalue weighted by Gasteiger charge is -2.56. The maximum absolute atomic E-state index is 12.5. The van der Waals surface area contributed by atoms with Gasteiger partial charge >= 0.3 is 6.03 Å². The monoisotopic (exact) mass is 374 g/mol. The van der Waals surface area contributed by atoms with Crippen LogP contribution in [-0.4, -0.2) is 37.4 Å². The number of hydrogen-bond acceptors (Lipinski definition) is 4. The third-order valence-corrected chi connectivity index (χ3v) is 6.67. The molecule has 148 valence electrons. The second-order valence-electron chi connectivity index (χ2n) is 8.66. The normalized spacial score (nSPS) is 32.0. The fraction of sp³-hybridized carbons (Fsp3) is 0.667. The van der Waals surface area contributed by atoms with Crippen LogP contribution in [-0.2, 0) is 0 Å². The van der Waals surface area contributed by atoms with Crippen LogP contribution in [0.3, 0.4) is 0 Å². The summed E-state index contributed by atoms with van der Waals surface area (Å²) in [7, 11) is 3.13. The van der Waals surface area contributed by atoms with E-state index in [0.29, 0.717) is 17.1 Å². The summed E-state index contributed by atoms with van der Waals surface area (Å²) in [5, 5.41) is 16.6. The SMILES string of the molecule is COc1ccc(C(O)CNC(=O)NC23CC4CC(CC(C4)C2)C3)cc1OC. The van der Waals surface area contributed by atoms with Gasteiger partial charge in [-0.05, 0) is 74.0 Å². The van der Waals surface area contributed by atoms with Gasteiger partial charge in [-0.3, -0.25) is 0 Å². The molecule has 4 aliphatic carbocycles. The molecule has 1 aromatic rings. The van der Waals surface area contributed by atoms with Crippen LogP contribution < -0.4 is 20.1 Å². The van der Waals surface area contributed by atoms with Gasteiger partial charge in [-0.1, -0.05) is 6.07 Å². The number of benzene rings is 1. The Bertz CT molecular complexity index is 670. The second-order valence-corrected chi connectivity index (χ2v) is 8.66. The van der Waals surface area contributed by atoms with E-state index in [1.165, 1.54) is 19.3 Å². The van der Waals surface area contributed by atoms with E-state index < -0.39 is 6.10 Å². The van der Waals surface area contributed by atoms with Crippen LogP contribution in [0.2, 0.25) is 0 Å². The fourth-order valence-corrected chi connectivity index (χ4v) is 5.92. The smallest absolute Gasteiger partial charge is 0.315 e. The zero-order valence-electron chi connectivity index (χ0n) is 16.2. The van der Waals surface area contributed by atoms with Crippen LogP contribution in [0.4, 0.5) is 4.79 Å². The average molecular weight is 374 g/mol. The molecule has 2 amide bonds. The molecule has 5 rings (SSSR count). The first-order valence-corrected chi connectivity index (χ1v) is 9.96. The van der Waals surface area contributed by atoms with Gasteiger partial charge in [0, 0.05) is 12.1 Å². The lowest BCUT2D eigenvalue weighted by atomic mass is 9.53. The summed E-state index contributed by atoms with van der Waals surface area (Å²) >= 11 is 0. The maximum atomic E-state index is 12.5. The molecular formula is C21H30N2O4. The van der Waals surface area contributed by atoms with Crippen molar-refractivity contribution in [2.45, 2.75) is 50.2 Å². The molecule has 1 aromatic carbocycles. The first-order chi connectivity index (χ1) is 13.0. The molecule has 6 nitrogen and oxygen atoms in total. The van der Waals surface area contributed by atoms with E-state index in [9.17, 15) is 9.90 Å². The van der Waals surface area contributed by atoms with E-state index >= 15 is 0 Å². The van der Waals surface area contributed by atoms with Crippen LogP contribution >= 0.6 is 0 Å². The fourth-order valence-electron chi connectivity index (χ4n) is 5.92. The number of nitrogens with one attached hydrogen (secondary N) is 2. The maximum Gasteiger partial charge on any atom is 0.315 e. The van der Waals surface area contributed by atoms with Crippen molar-refractivity contribution in [2.24, 2.45) is 17.8 Å². The molecule has 0 aliphatic heterocycles. The van der Waals surface area contributed by atoms with E-state index in [1.807, 2.05) is 0 Å². The molecule has 0 spiro atoms. The van der Waals surface area contributed by atoms with Crippen LogP contribution in [0, 0.1) is 17.8 Å². The van der Waals surface area contributed by atoms with Crippen molar-refractivity contribution in [1.82, 2.24) is 10.6 Å². The molecule has 6 heteroatoms. The van der Waals surface area contributed by atoms with Crippen LogP contribution in [0.15, 0.2) is 18.2 Å². The van der Waals surface area contributed by atoms with Crippen LogP contribution in [0.5, 0.6) is 11.5 Å². The van der Waals surface area contributed by atoms with Gasteiger partial charge < -0.3 is 25.2 Å². The first-order valence-electron chi connectivity index (χ1n) is 9.96.